The minimum Gasteiger partial charge on any atom is -0.345 e. The van der Waals surface area contributed by atoms with E-state index in [1.54, 1.807) is 11.0 Å². The summed E-state index contributed by atoms with van der Waals surface area (Å²) in [6.07, 6.45) is 4.78. The predicted octanol–water partition coefficient (Wildman–Crippen LogP) is 4.50. The zero-order valence-corrected chi connectivity index (χ0v) is 18.3. The number of piperidine rings is 1. The molecule has 2 heterocycles. The predicted molar refractivity (Wildman–Crippen MR) is 124 cm³/mol. The second-order valence-corrected chi connectivity index (χ2v) is 8.69. The molecule has 0 aliphatic carbocycles. The van der Waals surface area contributed by atoms with Gasteiger partial charge in [0.05, 0.1) is 4.91 Å². The molecule has 4 rings (SSSR count). The summed E-state index contributed by atoms with van der Waals surface area (Å²) in [6.45, 7) is 1.23. The first-order valence-corrected chi connectivity index (χ1v) is 11.3. The van der Waals surface area contributed by atoms with Crippen LogP contribution in [0.15, 0.2) is 59.5 Å². The molecule has 0 bridgehead atoms. The van der Waals surface area contributed by atoms with E-state index < -0.39 is 5.91 Å². The molecule has 3 amide bonds. The van der Waals surface area contributed by atoms with Crippen molar-refractivity contribution in [3.8, 4) is 0 Å². The lowest BCUT2D eigenvalue weighted by Gasteiger charge is -2.27. The zero-order valence-electron chi connectivity index (χ0n) is 17.5. The fraction of sp³-hybridized carbons (Fsp3) is 0.292. The standard InChI is InChI=1S/C24H25N3O3S/c1-25(19-8-4-2-5-9-19)20-12-10-18(11-13-20)16-21-23(29)27(24(30)31-21)17-22(28)26-14-6-3-7-15-26/h2,4-5,8-13,16H,3,6-7,14-15,17H2,1H3/b21-16-. The molecule has 7 heteroatoms. The Morgan fingerprint density at radius 2 is 1.61 bits per heavy atom. The Morgan fingerprint density at radius 1 is 0.968 bits per heavy atom. The van der Waals surface area contributed by atoms with Crippen LogP contribution in [0.25, 0.3) is 6.08 Å². The SMILES string of the molecule is CN(c1ccccc1)c1ccc(/C=C2\SC(=O)N(CC(=O)N3CCCCC3)C2=O)cc1. The normalized spacial score (nSPS) is 18.0. The van der Waals surface area contributed by atoms with E-state index in [0.29, 0.717) is 18.0 Å². The molecule has 0 atom stereocenters. The first-order valence-electron chi connectivity index (χ1n) is 10.4. The van der Waals surface area contributed by atoms with Gasteiger partial charge in [0.25, 0.3) is 11.1 Å². The molecular weight excluding hydrogens is 410 g/mol. The number of anilines is 2. The van der Waals surface area contributed by atoms with Crippen LogP contribution in [0.3, 0.4) is 0 Å². The van der Waals surface area contributed by atoms with E-state index in [9.17, 15) is 14.4 Å². The Kier molecular flexibility index (Phi) is 6.42. The Morgan fingerprint density at radius 3 is 2.29 bits per heavy atom. The van der Waals surface area contributed by atoms with Crippen molar-refractivity contribution in [2.45, 2.75) is 19.3 Å². The van der Waals surface area contributed by atoms with Crippen LogP contribution in [-0.2, 0) is 9.59 Å². The number of hydrogen-bond donors (Lipinski definition) is 0. The smallest absolute Gasteiger partial charge is 0.294 e. The van der Waals surface area contributed by atoms with Crippen LogP contribution in [0.5, 0.6) is 0 Å². The molecule has 2 aliphatic heterocycles. The fourth-order valence-electron chi connectivity index (χ4n) is 3.76. The molecule has 160 valence electrons. The van der Waals surface area contributed by atoms with Crippen molar-refractivity contribution in [1.82, 2.24) is 9.80 Å². The molecule has 0 spiro atoms. The summed E-state index contributed by atoms with van der Waals surface area (Å²) in [5.74, 6) is -0.553. The lowest BCUT2D eigenvalue weighted by molar-refractivity contribution is -0.136. The molecule has 0 saturated carbocycles. The summed E-state index contributed by atoms with van der Waals surface area (Å²) in [7, 11) is 2.00. The third-order valence-corrected chi connectivity index (χ3v) is 6.50. The molecule has 31 heavy (non-hydrogen) atoms. The van der Waals surface area contributed by atoms with Gasteiger partial charge in [-0.3, -0.25) is 19.3 Å². The van der Waals surface area contributed by atoms with Gasteiger partial charge in [0.2, 0.25) is 5.91 Å². The molecule has 2 aromatic carbocycles. The molecule has 2 aromatic rings. The van der Waals surface area contributed by atoms with Gasteiger partial charge in [0.15, 0.2) is 0 Å². The third-order valence-electron chi connectivity index (χ3n) is 5.60. The molecule has 0 unspecified atom stereocenters. The van der Waals surface area contributed by atoms with Crippen LogP contribution < -0.4 is 4.90 Å². The van der Waals surface area contributed by atoms with Gasteiger partial charge in [-0.05, 0) is 66.9 Å². The van der Waals surface area contributed by atoms with Crippen LogP contribution in [-0.4, -0.2) is 53.5 Å². The van der Waals surface area contributed by atoms with Crippen LogP contribution >= 0.6 is 11.8 Å². The largest absolute Gasteiger partial charge is 0.345 e. The van der Waals surface area contributed by atoms with Crippen LogP contribution in [0.2, 0.25) is 0 Å². The van der Waals surface area contributed by atoms with Crippen molar-refractivity contribution in [1.29, 1.82) is 0 Å². The molecule has 2 aliphatic rings. The highest BCUT2D eigenvalue weighted by Crippen LogP contribution is 2.33. The van der Waals surface area contributed by atoms with Gasteiger partial charge >= 0.3 is 0 Å². The summed E-state index contributed by atoms with van der Waals surface area (Å²) in [5, 5.41) is -0.387. The zero-order chi connectivity index (χ0) is 21.8. The average molecular weight is 436 g/mol. The molecule has 0 N–H and O–H groups in total. The Bertz CT molecular complexity index is 998. The second kappa shape index (κ2) is 9.39. The lowest BCUT2D eigenvalue weighted by atomic mass is 10.1. The van der Waals surface area contributed by atoms with Gasteiger partial charge in [0, 0.05) is 31.5 Å². The van der Waals surface area contributed by atoms with E-state index in [4.69, 9.17) is 0 Å². The minimum atomic E-state index is -0.397. The van der Waals surface area contributed by atoms with E-state index in [-0.39, 0.29) is 17.7 Å². The summed E-state index contributed by atoms with van der Waals surface area (Å²) >= 11 is 0.890. The first kappa shape index (κ1) is 21.2. The van der Waals surface area contributed by atoms with E-state index in [2.05, 4.69) is 4.90 Å². The number of amides is 3. The van der Waals surface area contributed by atoms with Crippen LogP contribution in [0.4, 0.5) is 16.2 Å². The highest BCUT2D eigenvalue weighted by atomic mass is 32.2. The number of rotatable bonds is 5. The van der Waals surface area contributed by atoms with Gasteiger partial charge in [0.1, 0.15) is 6.54 Å². The molecular formula is C24H25N3O3S. The van der Waals surface area contributed by atoms with Crippen LogP contribution in [0, 0.1) is 0 Å². The number of nitrogens with zero attached hydrogens (tertiary/aromatic N) is 3. The summed E-state index contributed by atoms with van der Waals surface area (Å²) in [4.78, 5) is 42.8. The van der Waals surface area contributed by atoms with Gasteiger partial charge in [-0.25, -0.2) is 0 Å². The highest BCUT2D eigenvalue weighted by molar-refractivity contribution is 8.18. The summed E-state index contributed by atoms with van der Waals surface area (Å²) in [6, 6.07) is 17.8. The monoisotopic (exact) mass is 435 g/mol. The number of thioether (sulfide) groups is 1. The second-order valence-electron chi connectivity index (χ2n) is 7.70. The number of carbonyl (C=O) groups is 3. The van der Waals surface area contributed by atoms with E-state index in [1.165, 1.54) is 0 Å². The number of imide groups is 1. The number of carbonyl (C=O) groups excluding carboxylic acids is 3. The summed E-state index contributed by atoms with van der Waals surface area (Å²) in [5.41, 5.74) is 2.93. The van der Waals surface area contributed by atoms with E-state index in [1.807, 2.05) is 61.6 Å². The highest BCUT2D eigenvalue weighted by Gasteiger charge is 2.37. The maximum absolute atomic E-state index is 12.7. The molecule has 2 saturated heterocycles. The van der Waals surface area contributed by atoms with Gasteiger partial charge < -0.3 is 9.80 Å². The van der Waals surface area contributed by atoms with E-state index >= 15 is 0 Å². The molecule has 0 aromatic heterocycles. The van der Waals surface area contributed by atoms with Crippen molar-refractivity contribution >= 4 is 46.3 Å². The van der Waals surface area contributed by atoms with Crippen molar-refractivity contribution in [2.24, 2.45) is 0 Å². The molecule has 2 fully saturated rings. The van der Waals surface area contributed by atoms with Crippen molar-refractivity contribution in [3.63, 3.8) is 0 Å². The number of hydrogen-bond acceptors (Lipinski definition) is 5. The van der Waals surface area contributed by atoms with E-state index in [0.717, 1.165) is 52.9 Å². The Balaban J connectivity index is 1.43. The molecule has 6 nitrogen and oxygen atoms in total. The van der Waals surface area contributed by atoms with Crippen LogP contribution in [0.1, 0.15) is 24.8 Å². The lowest BCUT2D eigenvalue weighted by Crippen LogP contribution is -2.44. The maximum atomic E-state index is 12.7. The Labute approximate surface area is 186 Å². The maximum Gasteiger partial charge on any atom is 0.294 e. The number of benzene rings is 2. The van der Waals surface area contributed by atoms with Gasteiger partial charge in [-0.15, -0.1) is 0 Å². The quantitative estimate of drug-likeness (QED) is 0.647. The van der Waals surface area contributed by atoms with Gasteiger partial charge in [-0.1, -0.05) is 30.3 Å². The average Bonchev–Trinajstić information content (AvgIpc) is 3.07. The third kappa shape index (κ3) is 4.82. The molecule has 0 radical (unpaired) electrons. The minimum absolute atomic E-state index is 0.156. The number of para-hydroxylation sites is 1. The topological polar surface area (TPSA) is 60.9 Å². The summed E-state index contributed by atoms with van der Waals surface area (Å²) < 4.78 is 0. The van der Waals surface area contributed by atoms with Crippen molar-refractivity contribution in [2.75, 3.05) is 31.6 Å². The Hall–Kier alpha value is -3.06. The van der Waals surface area contributed by atoms with Crippen molar-refractivity contribution in [3.05, 3.63) is 65.1 Å². The fourth-order valence-corrected chi connectivity index (χ4v) is 4.60. The van der Waals surface area contributed by atoms with Gasteiger partial charge in [-0.2, -0.15) is 0 Å². The first-order chi connectivity index (χ1) is 15.0. The van der Waals surface area contributed by atoms with Crippen molar-refractivity contribution < 1.29 is 14.4 Å². The number of likely N-dealkylation sites (tertiary alicyclic amines) is 1.